The molecule has 1 rings (SSSR count). The Hall–Kier alpha value is -1.15. The molecule has 0 radical (unpaired) electrons. The van der Waals surface area contributed by atoms with E-state index in [2.05, 4.69) is 55.6 Å². The highest BCUT2D eigenvalue weighted by atomic mass is 32.2. The maximum Gasteiger partial charge on any atom is 0.0470 e. The smallest absolute Gasteiger partial charge is 0.0470 e. The first-order valence-corrected chi connectivity index (χ1v) is 6.20. The van der Waals surface area contributed by atoms with Crippen molar-refractivity contribution in [2.45, 2.75) is 13.8 Å². The SMILES string of the molecule is C=CSN(C)c1ccc(C(=C)C(C)C)cc1. The summed E-state index contributed by atoms with van der Waals surface area (Å²) in [4.78, 5) is 0. The van der Waals surface area contributed by atoms with Gasteiger partial charge in [0.25, 0.3) is 0 Å². The normalized spacial score (nSPS) is 10.2. The van der Waals surface area contributed by atoms with Gasteiger partial charge in [0.2, 0.25) is 0 Å². The molecular weight excluding hydrogens is 214 g/mol. The van der Waals surface area contributed by atoms with Gasteiger partial charge in [-0.15, -0.1) is 0 Å². The molecule has 0 unspecified atom stereocenters. The predicted octanol–water partition coefficient (Wildman–Crippen LogP) is 4.58. The van der Waals surface area contributed by atoms with Crippen LogP contribution in [0.15, 0.2) is 42.8 Å². The van der Waals surface area contributed by atoms with Gasteiger partial charge >= 0.3 is 0 Å². The van der Waals surface area contributed by atoms with Crippen molar-refractivity contribution >= 4 is 23.2 Å². The number of hydrogen-bond donors (Lipinski definition) is 0. The monoisotopic (exact) mass is 233 g/mol. The van der Waals surface area contributed by atoms with Gasteiger partial charge in [-0.3, -0.25) is 0 Å². The van der Waals surface area contributed by atoms with Gasteiger partial charge in [0.1, 0.15) is 0 Å². The van der Waals surface area contributed by atoms with Gasteiger partial charge in [0.05, 0.1) is 0 Å². The van der Waals surface area contributed by atoms with Crippen LogP contribution in [0.2, 0.25) is 0 Å². The van der Waals surface area contributed by atoms with Crippen molar-refractivity contribution in [3.05, 3.63) is 48.4 Å². The molecule has 0 fully saturated rings. The Morgan fingerprint density at radius 3 is 2.31 bits per heavy atom. The minimum atomic E-state index is 0.492. The quantitative estimate of drug-likeness (QED) is 0.685. The van der Waals surface area contributed by atoms with Gasteiger partial charge < -0.3 is 4.31 Å². The van der Waals surface area contributed by atoms with Crippen LogP contribution in [0.5, 0.6) is 0 Å². The van der Waals surface area contributed by atoms with Crippen LogP contribution < -0.4 is 4.31 Å². The maximum absolute atomic E-state index is 4.10. The predicted molar refractivity (Wildman–Crippen MR) is 76.5 cm³/mol. The minimum Gasteiger partial charge on any atom is -0.316 e. The van der Waals surface area contributed by atoms with Gasteiger partial charge in [-0.2, -0.15) is 0 Å². The Bertz CT molecular complexity index is 365. The van der Waals surface area contributed by atoms with Crippen molar-refractivity contribution in [3.63, 3.8) is 0 Å². The molecule has 1 aromatic rings. The number of nitrogens with zero attached hydrogens (tertiary/aromatic N) is 1. The molecule has 0 saturated heterocycles. The minimum absolute atomic E-state index is 0.492. The second-order valence-corrected chi connectivity index (χ2v) is 5.09. The molecule has 0 atom stereocenters. The van der Waals surface area contributed by atoms with Crippen molar-refractivity contribution in [1.82, 2.24) is 0 Å². The molecule has 0 spiro atoms. The molecule has 0 N–H and O–H groups in total. The molecule has 0 aliphatic carbocycles. The lowest BCUT2D eigenvalue weighted by Crippen LogP contribution is -2.04. The van der Waals surface area contributed by atoms with Crippen LogP contribution in [0.3, 0.4) is 0 Å². The van der Waals surface area contributed by atoms with Crippen LogP contribution in [-0.4, -0.2) is 7.05 Å². The first kappa shape index (κ1) is 12.9. The molecule has 86 valence electrons. The zero-order valence-electron chi connectivity index (χ0n) is 10.2. The summed E-state index contributed by atoms with van der Waals surface area (Å²) >= 11 is 1.58. The Balaban J connectivity index is 2.82. The van der Waals surface area contributed by atoms with Gasteiger partial charge in [0, 0.05) is 12.7 Å². The Labute approximate surface area is 103 Å². The fourth-order valence-electron chi connectivity index (χ4n) is 1.39. The third-order valence-corrected chi connectivity index (χ3v) is 3.21. The summed E-state index contributed by atoms with van der Waals surface area (Å²) in [5.41, 5.74) is 3.58. The van der Waals surface area contributed by atoms with E-state index >= 15 is 0 Å². The molecule has 0 heterocycles. The van der Waals surface area contributed by atoms with Crippen molar-refractivity contribution < 1.29 is 0 Å². The molecule has 0 aromatic heterocycles. The fourth-order valence-corrected chi connectivity index (χ4v) is 1.86. The van der Waals surface area contributed by atoms with Crippen molar-refractivity contribution in [2.24, 2.45) is 5.92 Å². The van der Waals surface area contributed by atoms with Crippen molar-refractivity contribution in [2.75, 3.05) is 11.4 Å². The lowest BCUT2D eigenvalue weighted by atomic mass is 9.97. The number of anilines is 1. The molecule has 0 aliphatic heterocycles. The number of allylic oxidation sites excluding steroid dienone is 1. The topological polar surface area (TPSA) is 3.24 Å². The Morgan fingerprint density at radius 2 is 1.88 bits per heavy atom. The van der Waals surface area contributed by atoms with E-state index in [1.807, 2.05) is 12.5 Å². The van der Waals surface area contributed by atoms with Gasteiger partial charge in [-0.1, -0.05) is 39.1 Å². The summed E-state index contributed by atoms with van der Waals surface area (Å²) in [6, 6.07) is 8.47. The van der Waals surface area contributed by atoms with Gasteiger partial charge in [0.15, 0.2) is 0 Å². The van der Waals surface area contributed by atoms with E-state index in [1.54, 1.807) is 11.9 Å². The van der Waals surface area contributed by atoms with E-state index in [-0.39, 0.29) is 0 Å². The zero-order chi connectivity index (χ0) is 12.1. The second-order valence-electron chi connectivity index (χ2n) is 4.00. The van der Waals surface area contributed by atoms with Crippen molar-refractivity contribution in [3.8, 4) is 0 Å². The molecule has 1 nitrogen and oxygen atoms in total. The average molecular weight is 233 g/mol. The van der Waals surface area contributed by atoms with E-state index in [1.165, 1.54) is 16.8 Å². The van der Waals surface area contributed by atoms with Crippen LogP contribution in [-0.2, 0) is 0 Å². The summed E-state index contributed by atoms with van der Waals surface area (Å²) in [5.74, 6) is 0.492. The van der Waals surface area contributed by atoms with E-state index in [0.717, 1.165) is 0 Å². The standard InChI is InChI=1S/C14H19NS/c1-6-16-15(5)14-9-7-13(8-10-14)12(4)11(2)3/h6-11H,1,4H2,2-3,5H3. The van der Waals surface area contributed by atoms with E-state index in [4.69, 9.17) is 0 Å². The summed E-state index contributed by atoms with van der Waals surface area (Å²) < 4.78 is 2.08. The molecular formula is C14H19NS. The lowest BCUT2D eigenvalue weighted by molar-refractivity contribution is 0.858. The number of benzene rings is 1. The molecule has 2 heteroatoms. The van der Waals surface area contributed by atoms with Crippen LogP contribution >= 0.6 is 11.9 Å². The van der Waals surface area contributed by atoms with Crippen LogP contribution in [0.1, 0.15) is 19.4 Å². The van der Waals surface area contributed by atoms with Crippen molar-refractivity contribution in [1.29, 1.82) is 0 Å². The Morgan fingerprint density at radius 1 is 1.31 bits per heavy atom. The number of hydrogen-bond acceptors (Lipinski definition) is 2. The summed E-state index contributed by atoms with van der Waals surface area (Å²) in [5, 5.41) is 1.82. The third kappa shape index (κ3) is 3.17. The largest absolute Gasteiger partial charge is 0.316 e. The first-order valence-electron chi connectivity index (χ1n) is 5.37. The van der Waals surface area contributed by atoms with Crippen LogP contribution in [0.25, 0.3) is 5.57 Å². The summed E-state index contributed by atoms with van der Waals surface area (Å²) in [6.07, 6.45) is 0. The lowest BCUT2D eigenvalue weighted by Gasteiger charge is -2.16. The maximum atomic E-state index is 4.10. The highest BCUT2D eigenvalue weighted by Gasteiger charge is 2.04. The highest BCUT2D eigenvalue weighted by Crippen LogP contribution is 2.25. The van der Waals surface area contributed by atoms with E-state index < -0.39 is 0 Å². The molecule has 16 heavy (non-hydrogen) atoms. The molecule has 1 aromatic carbocycles. The highest BCUT2D eigenvalue weighted by molar-refractivity contribution is 8.03. The first-order chi connectivity index (χ1) is 7.56. The van der Waals surface area contributed by atoms with E-state index in [9.17, 15) is 0 Å². The third-order valence-electron chi connectivity index (χ3n) is 2.53. The molecule has 0 aliphatic rings. The Kier molecular flexibility index (Phi) is 4.69. The second kappa shape index (κ2) is 5.80. The summed E-state index contributed by atoms with van der Waals surface area (Å²) in [7, 11) is 2.03. The van der Waals surface area contributed by atoms with Crippen LogP contribution in [0.4, 0.5) is 5.69 Å². The fraction of sp³-hybridized carbons (Fsp3) is 0.286. The van der Waals surface area contributed by atoms with E-state index in [0.29, 0.717) is 5.92 Å². The molecule has 0 bridgehead atoms. The molecule has 0 amide bonds. The molecule has 0 saturated carbocycles. The zero-order valence-corrected chi connectivity index (χ0v) is 11.1. The summed E-state index contributed by atoms with van der Waals surface area (Å²) in [6.45, 7) is 12.1. The van der Waals surface area contributed by atoms with Gasteiger partial charge in [-0.25, -0.2) is 0 Å². The number of rotatable bonds is 5. The van der Waals surface area contributed by atoms with Crippen LogP contribution in [0, 0.1) is 5.92 Å². The van der Waals surface area contributed by atoms with Gasteiger partial charge in [-0.05, 0) is 46.5 Å². The average Bonchev–Trinajstić information content (AvgIpc) is 2.28.